The van der Waals surface area contributed by atoms with E-state index in [-0.39, 0.29) is 12.2 Å². The predicted molar refractivity (Wildman–Crippen MR) is 69.2 cm³/mol. The van der Waals surface area contributed by atoms with Gasteiger partial charge < -0.3 is 14.5 Å². The summed E-state index contributed by atoms with van der Waals surface area (Å²) in [7, 11) is 2.10. The highest BCUT2D eigenvalue weighted by molar-refractivity contribution is 5.69. The number of likely N-dealkylation sites (N-methyl/N-ethyl adjacent to an activating group) is 1. The third kappa shape index (κ3) is 4.94. The summed E-state index contributed by atoms with van der Waals surface area (Å²) in [5, 5.41) is 0. The molecule has 1 amide bonds. The summed E-state index contributed by atoms with van der Waals surface area (Å²) >= 11 is 0. The van der Waals surface area contributed by atoms with Crippen molar-refractivity contribution in [2.45, 2.75) is 45.6 Å². The molecule has 0 unspecified atom stereocenters. The molecule has 17 heavy (non-hydrogen) atoms. The fraction of sp³-hybridized carbons (Fsp3) is 0.923. The van der Waals surface area contributed by atoms with E-state index in [0.29, 0.717) is 0 Å². The fourth-order valence-corrected chi connectivity index (χ4v) is 2.07. The van der Waals surface area contributed by atoms with Gasteiger partial charge in [0.15, 0.2) is 0 Å². The minimum Gasteiger partial charge on any atom is -0.443 e. The van der Waals surface area contributed by atoms with E-state index in [9.17, 15) is 4.79 Å². The zero-order chi connectivity index (χ0) is 12.7. The van der Waals surface area contributed by atoms with Crippen LogP contribution in [0.5, 0.6) is 0 Å². The van der Waals surface area contributed by atoms with Gasteiger partial charge in [0.25, 0.3) is 0 Å². The van der Waals surface area contributed by atoms with Crippen LogP contribution in [0.4, 0.5) is 4.79 Å². The fourth-order valence-electron chi connectivity index (χ4n) is 2.07. The molecule has 0 bridgehead atoms. The summed E-state index contributed by atoms with van der Waals surface area (Å²) in [4.78, 5) is 15.7. The zero-order valence-corrected chi connectivity index (χ0v) is 11.4. The molecule has 1 aliphatic heterocycles. The van der Waals surface area contributed by atoms with Gasteiger partial charge in [0, 0.05) is 13.1 Å². The molecule has 0 aromatic rings. The van der Waals surface area contributed by atoms with Crippen LogP contribution in [0.3, 0.4) is 0 Å². The van der Waals surface area contributed by atoms with Gasteiger partial charge in [0.05, 0.1) is 6.54 Å². The molecular formula is C13H26N2O2. The lowest BCUT2D eigenvalue weighted by molar-refractivity contribution is 0.113. The molecule has 100 valence electrons. The molecule has 1 heterocycles. The maximum atomic E-state index is 11.6. The van der Waals surface area contributed by atoms with Crippen molar-refractivity contribution in [3.63, 3.8) is 0 Å². The zero-order valence-electron chi connectivity index (χ0n) is 11.4. The van der Waals surface area contributed by atoms with Gasteiger partial charge in [0.1, 0.15) is 6.10 Å². The van der Waals surface area contributed by atoms with Crippen LogP contribution in [-0.4, -0.2) is 55.2 Å². The Morgan fingerprint density at radius 2 is 2.06 bits per heavy atom. The number of carbonyl (C=O) groups excluding carboxylic acids is 1. The van der Waals surface area contributed by atoms with Crippen LogP contribution >= 0.6 is 0 Å². The van der Waals surface area contributed by atoms with Crippen LogP contribution in [0.25, 0.3) is 0 Å². The number of cyclic esters (lactones) is 1. The van der Waals surface area contributed by atoms with Crippen LogP contribution in [0.2, 0.25) is 0 Å². The summed E-state index contributed by atoms with van der Waals surface area (Å²) < 4.78 is 5.37. The maximum Gasteiger partial charge on any atom is 0.410 e. The van der Waals surface area contributed by atoms with Crippen LogP contribution in [0, 0.1) is 0 Å². The van der Waals surface area contributed by atoms with E-state index in [0.717, 1.165) is 39.0 Å². The first-order valence-corrected chi connectivity index (χ1v) is 6.81. The molecule has 0 aliphatic carbocycles. The van der Waals surface area contributed by atoms with Crippen LogP contribution in [-0.2, 0) is 4.74 Å². The Morgan fingerprint density at radius 1 is 1.35 bits per heavy atom. The smallest absolute Gasteiger partial charge is 0.410 e. The standard InChI is InChI=1S/C13H26N2O2/c1-4-6-8-14(3)10-12-11-15(9-7-5-2)13(16)17-12/h12H,4-11H2,1-3H3/t12-/m1/s1. The topological polar surface area (TPSA) is 32.8 Å². The van der Waals surface area contributed by atoms with E-state index in [1.807, 2.05) is 4.90 Å². The Balaban J connectivity index is 2.25. The second-order valence-corrected chi connectivity index (χ2v) is 4.92. The van der Waals surface area contributed by atoms with Gasteiger partial charge in [-0.2, -0.15) is 0 Å². The first-order valence-electron chi connectivity index (χ1n) is 6.81. The minimum absolute atomic E-state index is 0.0567. The van der Waals surface area contributed by atoms with Crippen LogP contribution in [0.15, 0.2) is 0 Å². The molecule has 1 atom stereocenters. The van der Waals surface area contributed by atoms with Gasteiger partial charge >= 0.3 is 6.09 Å². The van der Waals surface area contributed by atoms with Crippen LogP contribution in [0.1, 0.15) is 39.5 Å². The van der Waals surface area contributed by atoms with E-state index in [4.69, 9.17) is 4.74 Å². The van der Waals surface area contributed by atoms with Crippen molar-refractivity contribution in [1.82, 2.24) is 9.80 Å². The average molecular weight is 242 g/mol. The Bertz CT molecular complexity index is 233. The third-order valence-corrected chi connectivity index (χ3v) is 3.14. The highest BCUT2D eigenvalue weighted by atomic mass is 16.6. The molecule has 0 aromatic heterocycles. The molecule has 0 spiro atoms. The number of nitrogens with zero attached hydrogens (tertiary/aromatic N) is 2. The SMILES string of the molecule is CCCCN(C)C[C@@H]1CN(CCCC)C(=O)O1. The van der Waals surface area contributed by atoms with E-state index >= 15 is 0 Å². The lowest BCUT2D eigenvalue weighted by atomic mass is 10.2. The summed E-state index contributed by atoms with van der Waals surface area (Å²) in [6, 6.07) is 0. The number of carbonyl (C=O) groups is 1. The van der Waals surface area contributed by atoms with Crippen molar-refractivity contribution in [1.29, 1.82) is 0 Å². The molecule has 0 radical (unpaired) electrons. The lowest BCUT2D eigenvalue weighted by Crippen LogP contribution is -2.33. The molecule has 1 saturated heterocycles. The normalized spacial score (nSPS) is 20.1. The van der Waals surface area contributed by atoms with Gasteiger partial charge in [-0.05, 0) is 26.4 Å². The summed E-state index contributed by atoms with van der Waals surface area (Å²) in [5.41, 5.74) is 0. The molecule has 0 saturated carbocycles. The van der Waals surface area contributed by atoms with Gasteiger partial charge in [0.2, 0.25) is 0 Å². The van der Waals surface area contributed by atoms with Crippen molar-refractivity contribution >= 4 is 6.09 Å². The number of amides is 1. The van der Waals surface area contributed by atoms with Gasteiger partial charge in [-0.25, -0.2) is 4.79 Å². The number of ether oxygens (including phenoxy) is 1. The first kappa shape index (κ1) is 14.3. The Kier molecular flexibility index (Phi) is 6.34. The Hall–Kier alpha value is -0.770. The molecule has 0 aromatic carbocycles. The Labute approximate surface area is 105 Å². The van der Waals surface area contributed by atoms with E-state index < -0.39 is 0 Å². The highest BCUT2D eigenvalue weighted by Crippen LogP contribution is 2.13. The monoisotopic (exact) mass is 242 g/mol. The second-order valence-electron chi connectivity index (χ2n) is 4.92. The maximum absolute atomic E-state index is 11.6. The molecule has 1 rings (SSSR count). The lowest BCUT2D eigenvalue weighted by Gasteiger charge is -2.19. The van der Waals surface area contributed by atoms with E-state index in [1.54, 1.807) is 0 Å². The van der Waals surface area contributed by atoms with Gasteiger partial charge in [-0.15, -0.1) is 0 Å². The first-order chi connectivity index (χ1) is 8.17. The number of hydrogen-bond donors (Lipinski definition) is 0. The quantitative estimate of drug-likeness (QED) is 0.655. The summed E-state index contributed by atoms with van der Waals surface area (Å²) in [6.07, 6.45) is 4.51. The third-order valence-electron chi connectivity index (χ3n) is 3.14. The van der Waals surface area contributed by atoms with E-state index in [2.05, 4.69) is 25.8 Å². The molecule has 4 heteroatoms. The van der Waals surface area contributed by atoms with Crippen molar-refractivity contribution in [3.05, 3.63) is 0 Å². The summed E-state index contributed by atoms with van der Waals surface area (Å²) in [5.74, 6) is 0. The Morgan fingerprint density at radius 3 is 2.71 bits per heavy atom. The molecule has 1 aliphatic rings. The largest absolute Gasteiger partial charge is 0.443 e. The van der Waals surface area contributed by atoms with Gasteiger partial charge in [-0.3, -0.25) is 0 Å². The number of unbranched alkanes of at least 4 members (excludes halogenated alkanes) is 2. The van der Waals surface area contributed by atoms with Crippen LogP contribution < -0.4 is 0 Å². The molecular weight excluding hydrogens is 216 g/mol. The molecule has 1 fully saturated rings. The number of rotatable bonds is 8. The predicted octanol–water partition coefficient (Wildman–Crippen LogP) is 2.34. The molecule has 4 nitrogen and oxygen atoms in total. The highest BCUT2D eigenvalue weighted by Gasteiger charge is 2.30. The minimum atomic E-state index is -0.132. The molecule has 0 N–H and O–H groups in total. The van der Waals surface area contributed by atoms with Crippen molar-refractivity contribution in [3.8, 4) is 0 Å². The van der Waals surface area contributed by atoms with Crippen molar-refractivity contribution in [2.24, 2.45) is 0 Å². The van der Waals surface area contributed by atoms with E-state index in [1.165, 1.54) is 12.8 Å². The number of hydrogen-bond acceptors (Lipinski definition) is 3. The average Bonchev–Trinajstić information content (AvgIpc) is 2.64. The van der Waals surface area contributed by atoms with Gasteiger partial charge in [-0.1, -0.05) is 26.7 Å². The van der Waals surface area contributed by atoms with Crippen molar-refractivity contribution in [2.75, 3.05) is 33.2 Å². The second kappa shape index (κ2) is 7.54. The summed E-state index contributed by atoms with van der Waals surface area (Å²) in [6.45, 7) is 7.86. The van der Waals surface area contributed by atoms with Crippen molar-refractivity contribution < 1.29 is 9.53 Å².